The van der Waals surface area contributed by atoms with Crippen LogP contribution in [-0.2, 0) is 0 Å². The fourth-order valence-electron chi connectivity index (χ4n) is 2.49. The van der Waals surface area contributed by atoms with Gasteiger partial charge in [0.2, 0.25) is 0 Å². The minimum absolute atomic E-state index is 0.175. The highest BCUT2D eigenvalue weighted by atomic mass is 79.9. The van der Waals surface area contributed by atoms with Crippen LogP contribution in [-0.4, -0.2) is 48.8 Å². The fourth-order valence-corrected chi connectivity index (χ4v) is 2.88. The number of hydrogen-bond acceptors (Lipinski definition) is 3. The highest BCUT2D eigenvalue weighted by Gasteiger charge is 2.26. The van der Waals surface area contributed by atoms with Gasteiger partial charge >= 0.3 is 0 Å². The quantitative estimate of drug-likeness (QED) is 0.908. The SMILES string of the molecule is CC1CCN(c2cccc(Br)c2)C(CO)CN1C. The lowest BCUT2D eigenvalue weighted by molar-refractivity contribution is 0.206. The van der Waals surface area contributed by atoms with Crippen molar-refractivity contribution >= 4 is 21.6 Å². The van der Waals surface area contributed by atoms with Crippen molar-refractivity contribution in [3.8, 4) is 0 Å². The third-order valence-corrected chi connectivity index (χ3v) is 4.32. The van der Waals surface area contributed by atoms with Gasteiger partial charge in [-0.2, -0.15) is 0 Å². The Labute approximate surface area is 118 Å². The number of rotatable bonds is 2. The molecule has 1 aliphatic heterocycles. The van der Waals surface area contributed by atoms with Crippen molar-refractivity contribution in [2.75, 3.05) is 31.6 Å². The van der Waals surface area contributed by atoms with Crippen LogP contribution < -0.4 is 4.90 Å². The van der Waals surface area contributed by atoms with E-state index in [1.165, 1.54) is 5.69 Å². The summed E-state index contributed by atoms with van der Waals surface area (Å²) in [7, 11) is 2.14. The van der Waals surface area contributed by atoms with Crippen LogP contribution in [0.1, 0.15) is 13.3 Å². The van der Waals surface area contributed by atoms with E-state index in [0.717, 1.165) is 24.0 Å². The van der Waals surface area contributed by atoms with Crippen molar-refractivity contribution in [2.45, 2.75) is 25.4 Å². The van der Waals surface area contributed by atoms with Gasteiger partial charge in [0.25, 0.3) is 0 Å². The van der Waals surface area contributed by atoms with E-state index in [0.29, 0.717) is 6.04 Å². The second-order valence-electron chi connectivity index (χ2n) is 5.09. The summed E-state index contributed by atoms with van der Waals surface area (Å²) in [6, 6.07) is 9.06. The number of anilines is 1. The molecule has 0 aromatic heterocycles. The molecule has 1 aromatic carbocycles. The lowest BCUT2D eigenvalue weighted by atomic mass is 10.2. The van der Waals surface area contributed by atoms with E-state index in [4.69, 9.17) is 0 Å². The van der Waals surface area contributed by atoms with E-state index in [9.17, 15) is 5.11 Å². The molecule has 100 valence electrons. The van der Waals surface area contributed by atoms with E-state index in [1.807, 2.05) is 12.1 Å². The summed E-state index contributed by atoms with van der Waals surface area (Å²) in [6.07, 6.45) is 1.12. The second-order valence-corrected chi connectivity index (χ2v) is 6.00. The molecule has 0 saturated carbocycles. The Hall–Kier alpha value is -0.580. The first-order valence-electron chi connectivity index (χ1n) is 6.45. The average Bonchev–Trinajstić information content (AvgIpc) is 2.50. The Bertz CT molecular complexity index is 399. The van der Waals surface area contributed by atoms with Crippen LogP contribution >= 0.6 is 15.9 Å². The minimum atomic E-state index is 0.175. The van der Waals surface area contributed by atoms with Gasteiger partial charge < -0.3 is 14.9 Å². The summed E-state index contributed by atoms with van der Waals surface area (Å²) in [4.78, 5) is 4.66. The van der Waals surface area contributed by atoms with E-state index in [1.54, 1.807) is 0 Å². The van der Waals surface area contributed by atoms with Crippen molar-refractivity contribution in [1.82, 2.24) is 4.90 Å². The first-order chi connectivity index (χ1) is 8.61. The predicted molar refractivity (Wildman–Crippen MR) is 79.1 cm³/mol. The predicted octanol–water partition coefficient (Wildman–Crippen LogP) is 2.34. The van der Waals surface area contributed by atoms with Gasteiger partial charge in [0, 0.05) is 29.3 Å². The van der Waals surface area contributed by atoms with Crippen molar-refractivity contribution in [3.63, 3.8) is 0 Å². The van der Waals surface area contributed by atoms with E-state index >= 15 is 0 Å². The Morgan fingerprint density at radius 3 is 2.89 bits per heavy atom. The lowest BCUT2D eigenvalue weighted by Crippen LogP contribution is -2.43. The molecular formula is C14H21BrN2O. The smallest absolute Gasteiger partial charge is 0.0647 e. The molecule has 18 heavy (non-hydrogen) atoms. The zero-order valence-corrected chi connectivity index (χ0v) is 12.6. The molecule has 0 radical (unpaired) electrons. The summed E-state index contributed by atoms with van der Waals surface area (Å²) in [6.45, 7) is 4.35. The first kappa shape index (κ1) is 13.8. The number of aliphatic hydroxyl groups is 1. The normalized spacial score (nSPS) is 26.1. The molecule has 0 amide bonds. The minimum Gasteiger partial charge on any atom is -0.394 e. The highest BCUT2D eigenvalue weighted by molar-refractivity contribution is 9.10. The van der Waals surface area contributed by atoms with E-state index in [2.05, 4.69) is 51.8 Å². The number of likely N-dealkylation sites (N-methyl/N-ethyl adjacent to an activating group) is 1. The largest absolute Gasteiger partial charge is 0.394 e. The zero-order chi connectivity index (χ0) is 13.1. The van der Waals surface area contributed by atoms with Gasteiger partial charge in [0.15, 0.2) is 0 Å². The summed E-state index contributed by atoms with van der Waals surface area (Å²) in [5.41, 5.74) is 1.19. The van der Waals surface area contributed by atoms with Gasteiger partial charge in [0.05, 0.1) is 12.6 Å². The summed E-state index contributed by atoms with van der Waals surface area (Å²) in [5.74, 6) is 0. The molecule has 1 aromatic rings. The van der Waals surface area contributed by atoms with Crippen LogP contribution in [0.2, 0.25) is 0 Å². The summed E-state index contributed by atoms with van der Waals surface area (Å²) in [5, 5.41) is 9.64. The number of hydrogen-bond donors (Lipinski definition) is 1. The number of nitrogens with zero attached hydrogens (tertiary/aromatic N) is 2. The molecular weight excluding hydrogens is 292 g/mol. The standard InChI is InChI=1S/C14H21BrN2O/c1-11-6-7-17(14(10-18)9-16(11)2)13-5-3-4-12(15)8-13/h3-5,8,11,14,18H,6-7,9-10H2,1-2H3. The molecule has 2 rings (SSSR count). The summed E-state index contributed by atoms with van der Waals surface area (Å²) < 4.78 is 1.09. The van der Waals surface area contributed by atoms with Crippen LogP contribution in [0.25, 0.3) is 0 Å². The molecule has 1 fully saturated rings. The average molecular weight is 313 g/mol. The van der Waals surface area contributed by atoms with Gasteiger partial charge in [-0.1, -0.05) is 22.0 Å². The molecule has 3 nitrogen and oxygen atoms in total. The van der Waals surface area contributed by atoms with Crippen molar-refractivity contribution in [2.24, 2.45) is 0 Å². The van der Waals surface area contributed by atoms with Gasteiger partial charge in [-0.3, -0.25) is 0 Å². The third kappa shape index (κ3) is 3.05. The molecule has 0 aliphatic carbocycles. The molecule has 0 bridgehead atoms. The fraction of sp³-hybridized carbons (Fsp3) is 0.571. The molecule has 1 heterocycles. The maximum Gasteiger partial charge on any atom is 0.0647 e. The second kappa shape index (κ2) is 6.04. The van der Waals surface area contributed by atoms with Crippen molar-refractivity contribution < 1.29 is 5.11 Å². The van der Waals surface area contributed by atoms with Crippen LogP contribution in [0.5, 0.6) is 0 Å². The third-order valence-electron chi connectivity index (χ3n) is 3.83. The molecule has 4 heteroatoms. The van der Waals surface area contributed by atoms with Gasteiger partial charge in [0.1, 0.15) is 0 Å². The molecule has 1 saturated heterocycles. The highest BCUT2D eigenvalue weighted by Crippen LogP contribution is 2.25. The zero-order valence-electron chi connectivity index (χ0n) is 11.0. The number of aliphatic hydroxyl groups excluding tert-OH is 1. The van der Waals surface area contributed by atoms with Gasteiger partial charge in [-0.15, -0.1) is 0 Å². The van der Waals surface area contributed by atoms with Crippen molar-refractivity contribution in [1.29, 1.82) is 0 Å². The van der Waals surface area contributed by atoms with E-state index in [-0.39, 0.29) is 12.6 Å². The van der Waals surface area contributed by atoms with Crippen LogP contribution in [0.3, 0.4) is 0 Å². The first-order valence-corrected chi connectivity index (χ1v) is 7.24. The van der Waals surface area contributed by atoms with Crippen LogP contribution in [0.4, 0.5) is 5.69 Å². The van der Waals surface area contributed by atoms with Gasteiger partial charge in [-0.05, 0) is 38.6 Å². The Morgan fingerprint density at radius 2 is 2.22 bits per heavy atom. The molecule has 1 N–H and O–H groups in total. The maximum atomic E-state index is 9.64. The van der Waals surface area contributed by atoms with Crippen LogP contribution in [0.15, 0.2) is 28.7 Å². The molecule has 2 atom stereocenters. The molecule has 1 aliphatic rings. The van der Waals surface area contributed by atoms with Crippen molar-refractivity contribution in [3.05, 3.63) is 28.7 Å². The Kier molecular flexibility index (Phi) is 4.65. The van der Waals surface area contributed by atoms with Gasteiger partial charge in [-0.25, -0.2) is 0 Å². The monoisotopic (exact) mass is 312 g/mol. The number of halogens is 1. The van der Waals surface area contributed by atoms with Crippen LogP contribution in [0, 0.1) is 0 Å². The number of benzene rings is 1. The molecule has 2 unspecified atom stereocenters. The lowest BCUT2D eigenvalue weighted by Gasteiger charge is -2.31. The summed E-state index contributed by atoms with van der Waals surface area (Å²) >= 11 is 3.51. The van der Waals surface area contributed by atoms with E-state index < -0.39 is 0 Å². The topological polar surface area (TPSA) is 26.7 Å². The maximum absolute atomic E-state index is 9.64. The molecule has 0 spiro atoms. The Balaban J connectivity index is 2.24. The Morgan fingerprint density at radius 1 is 1.44 bits per heavy atom.